The molecule has 0 radical (unpaired) electrons. The summed E-state index contributed by atoms with van der Waals surface area (Å²) in [5.74, 6) is 0.574. The molecule has 1 atom stereocenters. The number of rotatable bonds is 4. The Morgan fingerprint density at radius 2 is 1.76 bits per heavy atom. The SMILES string of the molecule is O=C1CS(=O)C2(CCN(S(=O)(=O)c3ccccc3)CC2)N1CC1CC1. The fourth-order valence-electron chi connectivity index (χ4n) is 3.82. The maximum atomic E-state index is 12.8. The van der Waals surface area contributed by atoms with Crippen molar-refractivity contribution in [3.8, 4) is 0 Å². The molecule has 1 aromatic rings. The van der Waals surface area contributed by atoms with Gasteiger partial charge in [-0.05, 0) is 43.7 Å². The van der Waals surface area contributed by atoms with Crippen molar-refractivity contribution in [2.24, 2.45) is 5.92 Å². The summed E-state index contributed by atoms with van der Waals surface area (Å²) in [4.78, 5) is 13.8. The lowest BCUT2D eigenvalue weighted by Gasteiger charge is -2.43. The average Bonchev–Trinajstić information content (AvgIpc) is 3.41. The van der Waals surface area contributed by atoms with Gasteiger partial charge < -0.3 is 4.90 Å². The monoisotopic (exact) mass is 382 g/mol. The molecule has 1 spiro atoms. The number of carbonyl (C=O) groups excluding carboxylic acids is 1. The van der Waals surface area contributed by atoms with Crippen LogP contribution >= 0.6 is 0 Å². The summed E-state index contributed by atoms with van der Waals surface area (Å²) in [7, 11) is -4.78. The summed E-state index contributed by atoms with van der Waals surface area (Å²) >= 11 is 0. The molecule has 0 aromatic heterocycles. The molecule has 1 unspecified atom stereocenters. The van der Waals surface area contributed by atoms with E-state index in [-0.39, 0.29) is 16.6 Å². The normalized spacial score (nSPS) is 27.1. The fraction of sp³-hybridized carbons (Fsp3) is 0.588. The highest BCUT2D eigenvalue weighted by Crippen LogP contribution is 2.41. The van der Waals surface area contributed by atoms with Crippen LogP contribution in [0.15, 0.2) is 35.2 Å². The van der Waals surface area contributed by atoms with Gasteiger partial charge in [0.15, 0.2) is 0 Å². The van der Waals surface area contributed by atoms with E-state index in [4.69, 9.17) is 0 Å². The number of hydrogen-bond acceptors (Lipinski definition) is 4. The largest absolute Gasteiger partial charge is 0.324 e. The number of nitrogens with zero attached hydrogens (tertiary/aromatic N) is 2. The van der Waals surface area contributed by atoms with E-state index in [1.165, 1.54) is 4.31 Å². The summed E-state index contributed by atoms with van der Waals surface area (Å²) in [6, 6.07) is 8.39. The van der Waals surface area contributed by atoms with Crippen molar-refractivity contribution in [2.45, 2.75) is 35.4 Å². The lowest BCUT2D eigenvalue weighted by molar-refractivity contribution is -0.131. The molecule has 25 heavy (non-hydrogen) atoms. The summed E-state index contributed by atoms with van der Waals surface area (Å²) in [5.41, 5.74) is 0. The van der Waals surface area contributed by atoms with Gasteiger partial charge >= 0.3 is 0 Å². The summed E-state index contributed by atoms with van der Waals surface area (Å²) in [6.07, 6.45) is 3.15. The number of sulfonamides is 1. The van der Waals surface area contributed by atoms with Crippen LogP contribution in [0.3, 0.4) is 0 Å². The minimum atomic E-state index is -3.54. The van der Waals surface area contributed by atoms with Crippen LogP contribution in [-0.2, 0) is 25.6 Å². The zero-order valence-electron chi connectivity index (χ0n) is 14.0. The number of hydrogen-bond donors (Lipinski definition) is 0. The van der Waals surface area contributed by atoms with E-state index in [0.717, 1.165) is 12.8 Å². The molecular weight excluding hydrogens is 360 g/mol. The average molecular weight is 383 g/mol. The van der Waals surface area contributed by atoms with Crippen molar-refractivity contribution < 1.29 is 17.4 Å². The molecule has 1 amide bonds. The molecule has 8 heteroatoms. The van der Waals surface area contributed by atoms with E-state index in [0.29, 0.717) is 38.4 Å². The van der Waals surface area contributed by atoms with Gasteiger partial charge in [0.25, 0.3) is 0 Å². The highest BCUT2D eigenvalue weighted by Gasteiger charge is 2.54. The highest BCUT2D eigenvalue weighted by molar-refractivity contribution is 7.89. The van der Waals surface area contributed by atoms with Gasteiger partial charge in [0.05, 0.1) is 15.7 Å². The van der Waals surface area contributed by atoms with Gasteiger partial charge in [-0.25, -0.2) is 8.42 Å². The van der Waals surface area contributed by atoms with Crippen LogP contribution in [0.1, 0.15) is 25.7 Å². The van der Waals surface area contributed by atoms with E-state index in [1.54, 1.807) is 30.3 Å². The Kier molecular flexibility index (Phi) is 4.24. The van der Waals surface area contributed by atoms with Gasteiger partial charge in [0.1, 0.15) is 10.6 Å². The third kappa shape index (κ3) is 2.94. The number of piperidine rings is 1. The molecule has 2 saturated heterocycles. The molecule has 3 fully saturated rings. The molecule has 136 valence electrons. The number of carbonyl (C=O) groups is 1. The molecule has 1 aromatic carbocycles. The lowest BCUT2D eigenvalue weighted by atomic mass is 10.0. The first kappa shape index (κ1) is 17.2. The van der Waals surface area contributed by atoms with Crippen LogP contribution in [0.25, 0.3) is 0 Å². The number of benzene rings is 1. The van der Waals surface area contributed by atoms with Gasteiger partial charge in [0, 0.05) is 19.6 Å². The van der Waals surface area contributed by atoms with Crippen LogP contribution < -0.4 is 0 Å². The van der Waals surface area contributed by atoms with Crippen LogP contribution in [0.5, 0.6) is 0 Å². The van der Waals surface area contributed by atoms with Crippen LogP contribution in [0, 0.1) is 5.92 Å². The van der Waals surface area contributed by atoms with Crippen molar-refractivity contribution in [1.29, 1.82) is 0 Å². The number of amides is 1. The Balaban J connectivity index is 1.54. The molecular formula is C17H22N2O4S2. The molecule has 1 aliphatic carbocycles. The van der Waals surface area contributed by atoms with Crippen molar-refractivity contribution in [1.82, 2.24) is 9.21 Å². The topological polar surface area (TPSA) is 74.8 Å². The maximum Gasteiger partial charge on any atom is 0.243 e. The first-order valence-corrected chi connectivity index (χ1v) is 11.4. The zero-order valence-corrected chi connectivity index (χ0v) is 15.6. The molecule has 0 bridgehead atoms. The van der Waals surface area contributed by atoms with Crippen LogP contribution in [-0.4, -0.2) is 58.0 Å². The van der Waals surface area contributed by atoms with Crippen molar-refractivity contribution in [2.75, 3.05) is 25.4 Å². The quantitative estimate of drug-likeness (QED) is 0.783. The Hall–Kier alpha value is -1.25. The third-order valence-corrected chi connectivity index (χ3v) is 9.39. The van der Waals surface area contributed by atoms with Gasteiger partial charge in [-0.15, -0.1) is 0 Å². The third-order valence-electron chi connectivity index (χ3n) is 5.49. The van der Waals surface area contributed by atoms with Crippen molar-refractivity contribution in [3.05, 3.63) is 30.3 Å². The maximum absolute atomic E-state index is 12.8. The second kappa shape index (κ2) is 6.17. The van der Waals surface area contributed by atoms with Gasteiger partial charge in [-0.1, -0.05) is 18.2 Å². The molecule has 1 saturated carbocycles. The highest BCUT2D eigenvalue weighted by atomic mass is 32.2. The van der Waals surface area contributed by atoms with E-state index in [2.05, 4.69) is 0 Å². The summed E-state index contributed by atoms with van der Waals surface area (Å²) < 4.78 is 39.7. The van der Waals surface area contributed by atoms with E-state index >= 15 is 0 Å². The Morgan fingerprint density at radius 3 is 2.36 bits per heavy atom. The fourth-order valence-corrected chi connectivity index (χ4v) is 6.99. The Morgan fingerprint density at radius 1 is 1.12 bits per heavy atom. The minimum Gasteiger partial charge on any atom is -0.324 e. The molecule has 4 rings (SSSR count). The summed E-state index contributed by atoms with van der Waals surface area (Å²) in [6.45, 7) is 1.28. The van der Waals surface area contributed by atoms with E-state index in [1.807, 2.05) is 4.90 Å². The summed E-state index contributed by atoms with van der Waals surface area (Å²) in [5, 5.41) is 0. The first-order valence-electron chi connectivity index (χ1n) is 8.68. The Labute approximate surface area is 150 Å². The lowest BCUT2D eigenvalue weighted by Crippen LogP contribution is -2.56. The smallest absolute Gasteiger partial charge is 0.243 e. The molecule has 0 N–H and O–H groups in total. The second-order valence-corrected chi connectivity index (χ2v) is 10.8. The van der Waals surface area contributed by atoms with Crippen LogP contribution in [0.4, 0.5) is 0 Å². The molecule has 3 aliphatic rings. The Bertz CT molecular complexity index is 797. The predicted octanol–water partition coefficient (Wildman–Crippen LogP) is 1.17. The zero-order chi connectivity index (χ0) is 17.7. The van der Waals surface area contributed by atoms with Gasteiger partial charge in [-0.3, -0.25) is 9.00 Å². The van der Waals surface area contributed by atoms with E-state index < -0.39 is 25.7 Å². The molecule has 2 heterocycles. The predicted molar refractivity (Wildman–Crippen MR) is 94.6 cm³/mol. The standard InChI is InChI=1S/C17H22N2O4S2/c20-16-13-24(21)17(19(16)12-14-6-7-14)8-10-18(11-9-17)25(22,23)15-4-2-1-3-5-15/h1-5,14H,6-13H2. The molecule has 6 nitrogen and oxygen atoms in total. The second-order valence-electron chi connectivity index (χ2n) is 7.10. The van der Waals surface area contributed by atoms with Crippen LogP contribution in [0.2, 0.25) is 0 Å². The van der Waals surface area contributed by atoms with Crippen molar-refractivity contribution >= 4 is 26.7 Å². The minimum absolute atomic E-state index is 0.0374. The van der Waals surface area contributed by atoms with E-state index in [9.17, 15) is 17.4 Å². The van der Waals surface area contributed by atoms with Crippen molar-refractivity contribution in [3.63, 3.8) is 0 Å². The first-order chi connectivity index (χ1) is 11.9. The van der Waals surface area contributed by atoms with Gasteiger partial charge in [0.2, 0.25) is 15.9 Å². The van der Waals surface area contributed by atoms with Gasteiger partial charge in [-0.2, -0.15) is 4.31 Å². The molecule has 2 aliphatic heterocycles.